The molecule has 5 nitrogen and oxygen atoms in total. The molecule has 2 aromatic carbocycles. The first-order valence-corrected chi connectivity index (χ1v) is 8.45. The Bertz CT molecular complexity index is 871. The number of nitrogens with zero attached hydrogens (tertiary/aromatic N) is 1. The van der Waals surface area contributed by atoms with Crippen molar-refractivity contribution >= 4 is 37.3 Å². The number of hydrogen-bond acceptors (Lipinski definition) is 5. The predicted octanol–water partition coefficient (Wildman–Crippen LogP) is 3.11. The molecule has 0 saturated heterocycles. The summed E-state index contributed by atoms with van der Waals surface area (Å²) in [6, 6.07) is 11.8. The van der Waals surface area contributed by atoms with Crippen LogP contribution in [0.3, 0.4) is 0 Å². The number of anilines is 1. The molecule has 0 saturated carbocycles. The van der Waals surface area contributed by atoms with Crippen molar-refractivity contribution in [3.05, 3.63) is 48.0 Å². The Labute approximate surface area is 126 Å². The minimum Gasteiger partial charge on any atom is -0.497 e. The van der Waals surface area contributed by atoms with Crippen molar-refractivity contribution in [1.29, 1.82) is 0 Å². The largest absolute Gasteiger partial charge is 0.497 e. The number of ether oxygens (including phenoxy) is 1. The zero-order chi connectivity index (χ0) is 14.9. The molecule has 0 aliphatic heterocycles. The van der Waals surface area contributed by atoms with Gasteiger partial charge in [-0.25, -0.2) is 13.4 Å². The van der Waals surface area contributed by atoms with Crippen LogP contribution in [0.5, 0.6) is 5.75 Å². The van der Waals surface area contributed by atoms with Gasteiger partial charge in [-0.15, -0.1) is 11.3 Å². The van der Waals surface area contributed by atoms with Crippen LogP contribution in [0.4, 0.5) is 5.69 Å². The number of aromatic nitrogens is 1. The minimum atomic E-state index is -3.65. The summed E-state index contributed by atoms with van der Waals surface area (Å²) in [6.07, 6.45) is 0. The molecule has 7 heteroatoms. The molecule has 21 heavy (non-hydrogen) atoms. The van der Waals surface area contributed by atoms with E-state index in [1.807, 2.05) is 0 Å². The molecular weight excluding hydrogens is 308 g/mol. The second-order valence-electron chi connectivity index (χ2n) is 4.29. The Hall–Kier alpha value is -2.12. The zero-order valence-corrected chi connectivity index (χ0v) is 12.7. The maximum absolute atomic E-state index is 12.5. The Balaban J connectivity index is 1.98. The van der Waals surface area contributed by atoms with E-state index in [1.54, 1.807) is 55.1 Å². The van der Waals surface area contributed by atoms with Crippen molar-refractivity contribution in [2.75, 3.05) is 11.8 Å². The monoisotopic (exact) mass is 320 g/mol. The molecular formula is C14H12N2O3S2. The van der Waals surface area contributed by atoms with Crippen LogP contribution in [0.15, 0.2) is 52.9 Å². The van der Waals surface area contributed by atoms with E-state index >= 15 is 0 Å². The highest BCUT2D eigenvalue weighted by atomic mass is 32.2. The fourth-order valence-electron chi connectivity index (χ4n) is 1.94. The lowest BCUT2D eigenvalue weighted by Crippen LogP contribution is -2.12. The maximum Gasteiger partial charge on any atom is 0.263 e. The molecule has 0 fully saturated rings. The number of rotatable bonds is 4. The average Bonchev–Trinajstić information content (AvgIpc) is 2.95. The molecule has 0 bridgehead atoms. The molecule has 3 rings (SSSR count). The van der Waals surface area contributed by atoms with Crippen LogP contribution in [0.25, 0.3) is 10.2 Å². The van der Waals surface area contributed by atoms with Crippen LogP contribution in [-0.2, 0) is 10.0 Å². The van der Waals surface area contributed by atoms with Crippen molar-refractivity contribution in [1.82, 2.24) is 4.98 Å². The second kappa shape index (κ2) is 5.34. The highest BCUT2D eigenvalue weighted by Gasteiger charge is 2.18. The van der Waals surface area contributed by atoms with Crippen molar-refractivity contribution < 1.29 is 13.2 Å². The number of nitrogens with one attached hydrogen (secondary N) is 1. The van der Waals surface area contributed by atoms with E-state index in [-0.39, 0.29) is 4.90 Å². The summed E-state index contributed by atoms with van der Waals surface area (Å²) in [5.41, 5.74) is 2.80. The van der Waals surface area contributed by atoms with Gasteiger partial charge in [0.2, 0.25) is 0 Å². The molecule has 3 aromatic rings. The van der Waals surface area contributed by atoms with E-state index in [1.165, 1.54) is 11.3 Å². The van der Waals surface area contributed by atoms with Gasteiger partial charge < -0.3 is 4.74 Å². The van der Waals surface area contributed by atoms with Gasteiger partial charge in [0.15, 0.2) is 0 Å². The minimum absolute atomic E-state index is 0.235. The van der Waals surface area contributed by atoms with Crippen molar-refractivity contribution in [2.24, 2.45) is 0 Å². The fraction of sp³-hybridized carbons (Fsp3) is 0.0714. The molecule has 0 spiro atoms. The third-order valence-corrected chi connectivity index (χ3v) is 5.38. The summed E-state index contributed by atoms with van der Waals surface area (Å²) in [5.74, 6) is 0.669. The van der Waals surface area contributed by atoms with Gasteiger partial charge in [-0.1, -0.05) is 6.07 Å². The first kappa shape index (κ1) is 13.8. The van der Waals surface area contributed by atoms with Crippen LogP contribution >= 0.6 is 11.3 Å². The lowest BCUT2D eigenvalue weighted by atomic mass is 10.3. The molecule has 1 N–H and O–H groups in total. The van der Waals surface area contributed by atoms with Gasteiger partial charge in [0, 0.05) is 5.69 Å². The van der Waals surface area contributed by atoms with E-state index in [0.717, 1.165) is 0 Å². The average molecular weight is 320 g/mol. The van der Waals surface area contributed by atoms with Crippen LogP contribution < -0.4 is 9.46 Å². The summed E-state index contributed by atoms with van der Waals surface area (Å²) in [6.45, 7) is 0. The Morgan fingerprint density at radius 3 is 2.62 bits per heavy atom. The van der Waals surface area contributed by atoms with Gasteiger partial charge in [-0.3, -0.25) is 4.72 Å². The summed E-state index contributed by atoms with van der Waals surface area (Å²) in [5, 5.41) is 0. The lowest BCUT2D eigenvalue weighted by Gasteiger charge is -2.09. The van der Waals surface area contributed by atoms with Gasteiger partial charge in [0.1, 0.15) is 10.6 Å². The third-order valence-electron chi connectivity index (χ3n) is 2.95. The zero-order valence-electron chi connectivity index (χ0n) is 11.1. The second-order valence-corrected chi connectivity index (χ2v) is 6.80. The molecule has 0 aliphatic carbocycles. The van der Waals surface area contributed by atoms with E-state index in [4.69, 9.17) is 4.74 Å². The highest BCUT2D eigenvalue weighted by Crippen LogP contribution is 2.27. The fourth-order valence-corrected chi connectivity index (χ4v) is 4.27. The first-order valence-electron chi connectivity index (χ1n) is 6.09. The first-order chi connectivity index (χ1) is 10.1. The van der Waals surface area contributed by atoms with E-state index in [0.29, 0.717) is 21.7 Å². The Kier molecular flexibility index (Phi) is 3.52. The molecule has 0 radical (unpaired) electrons. The quantitative estimate of drug-likeness (QED) is 0.802. The smallest absolute Gasteiger partial charge is 0.263 e. The summed E-state index contributed by atoms with van der Waals surface area (Å²) in [7, 11) is -2.09. The molecule has 0 atom stereocenters. The summed E-state index contributed by atoms with van der Waals surface area (Å²) < 4.78 is 33.3. The van der Waals surface area contributed by atoms with Gasteiger partial charge >= 0.3 is 0 Å². The van der Waals surface area contributed by atoms with Crippen LogP contribution in [0.1, 0.15) is 0 Å². The normalized spacial score (nSPS) is 11.5. The van der Waals surface area contributed by atoms with Gasteiger partial charge in [-0.2, -0.15) is 0 Å². The molecule has 1 heterocycles. The lowest BCUT2D eigenvalue weighted by molar-refractivity contribution is 0.415. The van der Waals surface area contributed by atoms with Gasteiger partial charge in [0.05, 0.1) is 22.8 Å². The number of sulfonamides is 1. The highest BCUT2D eigenvalue weighted by molar-refractivity contribution is 7.93. The van der Waals surface area contributed by atoms with Crippen LogP contribution in [0, 0.1) is 0 Å². The van der Waals surface area contributed by atoms with Crippen molar-refractivity contribution in [3.8, 4) is 5.75 Å². The molecule has 108 valence electrons. The SMILES string of the molecule is COc1ccc(NS(=O)(=O)c2cccc3ncsc23)cc1. The van der Waals surface area contributed by atoms with Crippen molar-refractivity contribution in [3.63, 3.8) is 0 Å². The number of methoxy groups -OCH3 is 1. The standard InChI is InChI=1S/C14H12N2O3S2/c1-19-11-7-5-10(6-8-11)16-21(17,18)13-4-2-3-12-14(13)20-9-15-12/h2-9,16H,1H3. The third kappa shape index (κ3) is 2.70. The number of fused-ring (bicyclic) bond motifs is 1. The molecule has 0 amide bonds. The Morgan fingerprint density at radius 1 is 1.14 bits per heavy atom. The van der Waals surface area contributed by atoms with E-state index in [9.17, 15) is 8.42 Å². The van der Waals surface area contributed by atoms with Crippen LogP contribution in [-0.4, -0.2) is 20.5 Å². The number of hydrogen-bond donors (Lipinski definition) is 1. The maximum atomic E-state index is 12.5. The van der Waals surface area contributed by atoms with Gasteiger partial charge in [-0.05, 0) is 36.4 Å². The van der Waals surface area contributed by atoms with Gasteiger partial charge in [0.25, 0.3) is 10.0 Å². The Morgan fingerprint density at radius 2 is 1.90 bits per heavy atom. The molecule has 1 aromatic heterocycles. The predicted molar refractivity (Wildman–Crippen MR) is 83.4 cm³/mol. The van der Waals surface area contributed by atoms with Crippen molar-refractivity contribution in [2.45, 2.75) is 4.90 Å². The van der Waals surface area contributed by atoms with Crippen LogP contribution in [0.2, 0.25) is 0 Å². The number of thiazole rings is 1. The topological polar surface area (TPSA) is 68.3 Å². The summed E-state index contributed by atoms with van der Waals surface area (Å²) >= 11 is 1.31. The molecule has 0 unspecified atom stereocenters. The van der Waals surface area contributed by atoms with E-state index < -0.39 is 10.0 Å². The number of benzene rings is 2. The molecule has 0 aliphatic rings. The summed E-state index contributed by atoms with van der Waals surface area (Å²) in [4.78, 5) is 4.37. The van der Waals surface area contributed by atoms with E-state index in [2.05, 4.69) is 9.71 Å².